The van der Waals surface area contributed by atoms with E-state index < -0.39 is 12.0 Å². The average molecular weight is 463 g/mol. The van der Waals surface area contributed by atoms with E-state index in [1.165, 1.54) is 7.11 Å². The number of nitrogens with zero attached hydrogens (tertiary/aromatic N) is 1. The molecule has 1 amide bonds. The normalized spacial score (nSPS) is 23.9. The molecule has 5 atom stereocenters. The van der Waals surface area contributed by atoms with Crippen LogP contribution in [0.15, 0.2) is 72.8 Å². The van der Waals surface area contributed by atoms with E-state index >= 15 is 0 Å². The van der Waals surface area contributed by atoms with Gasteiger partial charge in [0.1, 0.15) is 5.92 Å². The molecule has 1 fully saturated rings. The molecule has 34 heavy (non-hydrogen) atoms. The third-order valence-corrected chi connectivity index (χ3v) is 6.63. The Morgan fingerprint density at radius 1 is 0.971 bits per heavy atom. The Hall–Kier alpha value is -2.96. The zero-order valence-electron chi connectivity index (χ0n) is 20.1. The molecule has 2 aromatic carbocycles. The summed E-state index contributed by atoms with van der Waals surface area (Å²) >= 11 is 0. The number of hydrogen-bond donors (Lipinski definition) is 1. The summed E-state index contributed by atoms with van der Waals surface area (Å²) in [5.41, 5.74) is 2.13. The molecule has 0 radical (unpaired) electrons. The predicted molar refractivity (Wildman–Crippen MR) is 131 cm³/mol. The van der Waals surface area contributed by atoms with Gasteiger partial charge in [0.05, 0.1) is 31.4 Å². The lowest BCUT2D eigenvalue weighted by Crippen LogP contribution is -2.57. The van der Waals surface area contributed by atoms with Gasteiger partial charge < -0.3 is 14.8 Å². The summed E-state index contributed by atoms with van der Waals surface area (Å²) in [4.78, 5) is 28.7. The maximum Gasteiger partial charge on any atom is 0.313 e. The second-order valence-corrected chi connectivity index (χ2v) is 9.50. The van der Waals surface area contributed by atoms with Gasteiger partial charge in [-0.25, -0.2) is 0 Å². The Bertz CT molecular complexity index is 992. The molecule has 6 nitrogen and oxygen atoms in total. The van der Waals surface area contributed by atoms with Crippen molar-refractivity contribution in [2.75, 3.05) is 7.11 Å². The number of methoxy groups -OCH3 is 1. The minimum absolute atomic E-state index is 0.0381. The number of nitrogens with one attached hydrogen (secondary N) is 1. The summed E-state index contributed by atoms with van der Waals surface area (Å²) in [6.45, 7) is 5.23. The smallest absolute Gasteiger partial charge is 0.313 e. The highest BCUT2D eigenvalue weighted by molar-refractivity contribution is 5.82. The minimum Gasteiger partial charge on any atom is -0.469 e. The highest BCUT2D eigenvalue weighted by atomic mass is 16.5. The first-order chi connectivity index (χ1) is 16.5. The highest BCUT2D eigenvalue weighted by Gasteiger charge is 2.54. The van der Waals surface area contributed by atoms with E-state index in [0.717, 1.165) is 11.1 Å². The first kappa shape index (κ1) is 24.2. The number of fused-ring (bicyclic) bond motifs is 2. The zero-order chi connectivity index (χ0) is 24.1. The number of carbonyl (C=O) groups excluding carboxylic acids is 2. The third kappa shape index (κ3) is 5.40. The third-order valence-electron chi connectivity index (χ3n) is 6.63. The van der Waals surface area contributed by atoms with E-state index in [1.807, 2.05) is 60.7 Å². The van der Waals surface area contributed by atoms with Crippen LogP contribution < -0.4 is 5.32 Å². The summed E-state index contributed by atoms with van der Waals surface area (Å²) in [7, 11) is 1.41. The molecule has 2 bridgehead atoms. The van der Waals surface area contributed by atoms with Crippen molar-refractivity contribution in [1.82, 2.24) is 10.2 Å². The van der Waals surface area contributed by atoms with Gasteiger partial charge in [-0.2, -0.15) is 0 Å². The molecular formula is C28H34N2O4. The van der Waals surface area contributed by atoms with Gasteiger partial charge in [0.25, 0.3) is 0 Å². The average Bonchev–Trinajstić information content (AvgIpc) is 3.47. The molecule has 6 heteroatoms. The highest BCUT2D eigenvalue weighted by Crippen LogP contribution is 2.40. The molecule has 2 aliphatic rings. The van der Waals surface area contributed by atoms with Crippen molar-refractivity contribution in [2.45, 2.75) is 57.6 Å². The minimum atomic E-state index is -0.472. The summed E-state index contributed by atoms with van der Waals surface area (Å²) in [5.74, 6) is -0.519. The van der Waals surface area contributed by atoms with Crippen molar-refractivity contribution in [1.29, 1.82) is 0 Å². The van der Waals surface area contributed by atoms with Gasteiger partial charge in [0, 0.05) is 13.1 Å². The lowest BCUT2D eigenvalue weighted by molar-refractivity contribution is -0.149. The summed E-state index contributed by atoms with van der Waals surface area (Å²) < 4.78 is 11.3. The maximum atomic E-state index is 13.7. The fourth-order valence-corrected chi connectivity index (χ4v) is 5.05. The molecule has 0 saturated carbocycles. The summed E-state index contributed by atoms with van der Waals surface area (Å²) in [6, 6.07) is 19.3. The van der Waals surface area contributed by atoms with Gasteiger partial charge in [-0.1, -0.05) is 86.7 Å². The van der Waals surface area contributed by atoms with Gasteiger partial charge in [-0.05, 0) is 23.5 Å². The molecule has 0 spiro atoms. The second-order valence-electron chi connectivity index (χ2n) is 9.50. The van der Waals surface area contributed by atoms with Crippen molar-refractivity contribution in [3.63, 3.8) is 0 Å². The molecule has 2 aromatic rings. The summed E-state index contributed by atoms with van der Waals surface area (Å²) in [6.07, 6.45) is 4.04. The van der Waals surface area contributed by atoms with E-state index in [1.54, 1.807) is 0 Å². The first-order valence-electron chi connectivity index (χ1n) is 12.0. The fourth-order valence-electron chi connectivity index (χ4n) is 5.05. The van der Waals surface area contributed by atoms with Crippen molar-refractivity contribution >= 4 is 11.9 Å². The van der Waals surface area contributed by atoms with Crippen LogP contribution in [0, 0.1) is 11.8 Å². The summed E-state index contributed by atoms with van der Waals surface area (Å²) in [5, 5.41) is 3.14. The number of ether oxygens (including phenoxy) is 2. The van der Waals surface area contributed by atoms with Gasteiger partial charge in [0.15, 0.2) is 0 Å². The van der Waals surface area contributed by atoms with Crippen LogP contribution in [0.3, 0.4) is 0 Å². The zero-order valence-corrected chi connectivity index (χ0v) is 20.1. The van der Waals surface area contributed by atoms with Gasteiger partial charge in [-0.15, -0.1) is 0 Å². The van der Waals surface area contributed by atoms with Gasteiger partial charge >= 0.3 is 5.97 Å². The van der Waals surface area contributed by atoms with Crippen molar-refractivity contribution in [3.8, 4) is 0 Å². The molecule has 1 N–H and O–H groups in total. The fraction of sp³-hybridized carbons (Fsp3) is 0.429. The monoisotopic (exact) mass is 462 g/mol. The second kappa shape index (κ2) is 11.0. The largest absolute Gasteiger partial charge is 0.469 e. The van der Waals surface area contributed by atoms with E-state index in [-0.39, 0.29) is 36.0 Å². The Morgan fingerprint density at radius 3 is 2.21 bits per heavy atom. The first-order valence-corrected chi connectivity index (χ1v) is 12.0. The number of amides is 1. The van der Waals surface area contributed by atoms with Gasteiger partial charge in [0.2, 0.25) is 5.91 Å². The van der Waals surface area contributed by atoms with Crippen LogP contribution in [0.2, 0.25) is 0 Å². The Kier molecular flexibility index (Phi) is 7.80. The lowest BCUT2D eigenvalue weighted by atomic mass is 9.85. The van der Waals surface area contributed by atoms with Crippen LogP contribution in [0.25, 0.3) is 0 Å². The molecule has 0 aromatic heterocycles. The van der Waals surface area contributed by atoms with E-state index in [0.29, 0.717) is 19.5 Å². The van der Waals surface area contributed by atoms with Crippen molar-refractivity contribution < 1.29 is 19.1 Å². The molecule has 4 rings (SSSR count). The SMILES string of the molecule is COC(=O)[C@@H]1[C@@H](N(Cc2ccccc2)[C@@H](CC(C)C)C(=O)NCc2ccccc2)[C@@H]2C=C[C@H]1O2. The number of carbonyl (C=O) groups is 2. The molecular weight excluding hydrogens is 428 g/mol. The lowest BCUT2D eigenvalue weighted by Gasteiger charge is -2.40. The molecule has 2 aliphatic heterocycles. The molecule has 0 unspecified atom stereocenters. The van der Waals surface area contributed by atoms with E-state index in [2.05, 4.69) is 36.2 Å². The van der Waals surface area contributed by atoms with Gasteiger partial charge in [-0.3, -0.25) is 14.5 Å². The van der Waals surface area contributed by atoms with E-state index in [9.17, 15) is 9.59 Å². The number of rotatable bonds is 10. The van der Waals surface area contributed by atoms with Crippen molar-refractivity contribution in [3.05, 3.63) is 83.9 Å². The predicted octanol–water partition coefficient (Wildman–Crippen LogP) is 3.71. The van der Waals surface area contributed by atoms with Crippen molar-refractivity contribution in [2.24, 2.45) is 11.8 Å². The topological polar surface area (TPSA) is 67.9 Å². The number of esters is 1. The Balaban J connectivity index is 1.66. The number of benzene rings is 2. The number of hydrogen-bond acceptors (Lipinski definition) is 5. The standard InChI is InChI=1S/C28H34N2O4/c1-19(2)16-22(27(31)29-17-20-10-6-4-7-11-20)30(18-21-12-8-5-9-13-21)26-24-15-14-23(34-24)25(26)28(32)33-3/h4-15,19,22-26H,16-18H2,1-3H3,(H,29,31)/t22-,23+,24-,25-,26-/m0/s1. The molecule has 180 valence electrons. The molecule has 2 heterocycles. The van der Waals surface area contributed by atoms with Crippen LogP contribution in [0.1, 0.15) is 31.4 Å². The Morgan fingerprint density at radius 2 is 1.59 bits per heavy atom. The van der Waals surface area contributed by atoms with Crippen LogP contribution in [0.5, 0.6) is 0 Å². The molecule has 1 saturated heterocycles. The van der Waals surface area contributed by atoms with Crippen LogP contribution in [-0.2, 0) is 32.2 Å². The Labute approximate surface area is 201 Å². The quantitative estimate of drug-likeness (QED) is 0.431. The van der Waals surface area contributed by atoms with Crippen LogP contribution >= 0.6 is 0 Å². The van der Waals surface area contributed by atoms with Crippen LogP contribution in [0.4, 0.5) is 0 Å². The van der Waals surface area contributed by atoms with Crippen LogP contribution in [-0.4, -0.2) is 48.2 Å². The molecule has 0 aliphatic carbocycles. The maximum absolute atomic E-state index is 13.7. The van der Waals surface area contributed by atoms with E-state index in [4.69, 9.17) is 9.47 Å².